The Morgan fingerprint density at radius 3 is 2.38 bits per heavy atom. The van der Waals surface area contributed by atoms with Crippen molar-refractivity contribution in [2.45, 2.75) is 129 Å². The molecule has 2 nitrogen and oxygen atoms in total. The number of aryl methyl sites for hydroxylation is 1. The monoisotopic (exact) mass is 521 g/mol. The number of hydrogen-bond acceptors (Lipinski definition) is 0. The third-order valence-electron chi connectivity index (χ3n) is 10.1. The molecular weight excluding hydrogens is 472 g/mol. The van der Waals surface area contributed by atoms with Crippen LogP contribution in [0.4, 0.5) is 5.69 Å². The summed E-state index contributed by atoms with van der Waals surface area (Å²) in [6, 6.07) is 18.9. The van der Waals surface area contributed by atoms with Crippen LogP contribution in [0, 0.1) is 5.92 Å². The molecule has 0 amide bonds. The first-order valence-electron chi connectivity index (χ1n) is 16.5. The first-order chi connectivity index (χ1) is 19.3. The Kier molecular flexibility index (Phi) is 8.47. The summed E-state index contributed by atoms with van der Waals surface area (Å²) in [6.07, 6.45) is 21.2. The maximum Gasteiger partial charge on any atom is 0.0708 e. The third-order valence-corrected chi connectivity index (χ3v) is 10.1. The van der Waals surface area contributed by atoms with Crippen LogP contribution in [0.5, 0.6) is 0 Å². The van der Waals surface area contributed by atoms with Crippen molar-refractivity contribution in [3.05, 3.63) is 71.0 Å². The van der Waals surface area contributed by atoms with E-state index in [9.17, 15) is 0 Å². The van der Waals surface area contributed by atoms with Crippen LogP contribution < -0.4 is 5.32 Å². The summed E-state index contributed by atoms with van der Waals surface area (Å²) in [7, 11) is 0. The highest BCUT2D eigenvalue weighted by molar-refractivity contribution is 5.87. The van der Waals surface area contributed by atoms with Gasteiger partial charge in [0.1, 0.15) is 0 Å². The largest absolute Gasteiger partial charge is 0.340 e. The molecule has 3 atom stereocenters. The second kappa shape index (κ2) is 12.4. The molecule has 0 N–H and O–H groups in total. The lowest BCUT2D eigenvalue weighted by Gasteiger charge is -2.37. The molecule has 39 heavy (non-hydrogen) atoms. The van der Waals surface area contributed by atoms with E-state index < -0.39 is 0 Å². The van der Waals surface area contributed by atoms with Gasteiger partial charge < -0.3 is 4.57 Å². The summed E-state index contributed by atoms with van der Waals surface area (Å²) in [5.74, 6) is 1.24. The Morgan fingerprint density at radius 2 is 1.51 bits per heavy atom. The normalized spacial score (nSPS) is 22.1. The molecule has 3 aromatic rings. The average molecular weight is 522 g/mol. The van der Waals surface area contributed by atoms with E-state index in [-0.39, 0.29) is 0 Å². The Hall–Kier alpha value is -2.48. The Labute approximate surface area is 237 Å². The maximum atomic E-state index is 5.38. The number of para-hydroxylation sites is 2. The van der Waals surface area contributed by atoms with Gasteiger partial charge in [0.25, 0.3) is 0 Å². The van der Waals surface area contributed by atoms with Gasteiger partial charge in [0.05, 0.1) is 11.4 Å². The van der Waals surface area contributed by atoms with Crippen molar-refractivity contribution < 1.29 is 0 Å². The van der Waals surface area contributed by atoms with E-state index >= 15 is 0 Å². The van der Waals surface area contributed by atoms with Crippen molar-refractivity contribution in [3.8, 4) is 0 Å². The second-order valence-corrected chi connectivity index (χ2v) is 12.6. The SMILES string of the molecule is CCCCCCCC1C2=C(CCC1n1c3c(c4ccccc41)CCCC3CCCCCC)c1ccccc1[N]2. The molecule has 2 heteroatoms. The molecule has 1 aliphatic heterocycles. The number of nitrogens with zero attached hydrogens (tertiary/aromatic N) is 2. The van der Waals surface area contributed by atoms with Gasteiger partial charge in [-0.3, -0.25) is 5.32 Å². The topological polar surface area (TPSA) is 19.0 Å². The fourth-order valence-electron chi connectivity index (χ4n) is 8.19. The van der Waals surface area contributed by atoms with Crippen LogP contribution in [0.3, 0.4) is 0 Å². The van der Waals surface area contributed by atoms with Gasteiger partial charge in [-0.2, -0.15) is 0 Å². The van der Waals surface area contributed by atoms with Crippen LogP contribution in [-0.2, 0) is 6.42 Å². The average Bonchev–Trinajstić information content (AvgIpc) is 3.52. The minimum Gasteiger partial charge on any atom is -0.340 e. The van der Waals surface area contributed by atoms with E-state index in [0.717, 1.165) is 12.3 Å². The summed E-state index contributed by atoms with van der Waals surface area (Å²) in [6.45, 7) is 4.65. The molecule has 3 unspecified atom stereocenters. The fraction of sp³-hybridized carbons (Fsp3) is 0.568. The van der Waals surface area contributed by atoms with Crippen molar-refractivity contribution in [1.29, 1.82) is 0 Å². The van der Waals surface area contributed by atoms with Crippen LogP contribution >= 0.6 is 0 Å². The summed E-state index contributed by atoms with van der Waals surface area (Å²) >= 11 is 0. The zero-order valence-corrected chi connectivity index (χ0v) is 24.6. The van der Waals surface area contributed by atoms with Crippen LogP contribution in [0.25, 0.3) is 16.5 Å². The predicted molar refractivity (Wildman–Crippen MR) is 167 cm³/mol. The molecule has 0 saturated carbocycles. The van der Waals surface area contributed by atoms with Crippen molar-refractivity contribution in [2.24, 2.45) is 5.92 Å². The van der Waals surface area contributed by atoms with Crippen LogP contribution in [-0.4, -0.2) is 4.57 Å². The van der Waals surface area contributed by atoms with E-state index in [1.807, 2.05) is 0 Å². The first-order valence-corrected chi connectivity index (χ1v) is 16.5. The van der Waals surface area contributed by atoms with Gasteiger partial charge in [0.2, 0.25) is 0 Å². The standard InChI is InChI=1S/C37H49N2/c1-3-5-7-9-11-21-32-35(26-25-30-28-19-12-14-23-33(28)38-36(30)32)39-34-24-15-13-20-29(34)31-22-16-18-27(37(31)39)17-10-8-6-4-2/h12-15,19-20,23-24,27,32,35H,3-11,16-18,21-22,25-26H2,1-2H3. The van der Waals surface area contributed by atoms with Crippen molar-refractivity contribution in [1.82, 2.24) is 9.88 Å². The van der Waals surface area contributed by atoms with Gasteiger partial charge in [0.15, 0.2) is 0 Å². The summed E-state index contributed by atoms with van der Waals surface area (Å²) in [5.41, 5.74) is 10.5. The molecule has 0 bridgehead atoms. The van der Waals surface area contributed by atoms with Gasteiger partial charge in [-0.1, -0.05) is 108 Å². The number of hydrogen-bond donors (Lipinski definition) is 0. The van der Waals surface area contributed by atoms with E-state index in [4.69, 9.17) is 5.32 Å². The van der Waals surface area contributed by atoms with E-state index in [1.165, 1.54) is 119 Å². The number of rotatable bonds is 12. The van der Waals surface area contributed by atoms with Crippen LogP contribution in [0.1, 0.15) is 139 Å². The fourth-order valence-corrected chi connectivity index (χ4v) is 8.19. The van der Waals surface area contributed by atoms with Crippen molar-refractivity contribution >= 4 is 22.2 Å². The van der Waals surface area contributed by atoms with Crippen molar-refractivity contribution in [2.75, 3.05) is 0 Å². The number of aromatic nitrogens is 1. The lowest BCUT2D eigenvalue weighted by atomic mass is 9.78. The Morgan fingerprint density at radius 1 is 0.769 bits per heavy atom. The lowest BCUT2D eigenvalue weighted by Crippen LogP contribution is -2.29. The molecule has 207 valence electrons. The highest BCUT2D eigenvalue weighted by atomic mass is 15.1. The summed E-state index contributed by atoms with van der Waals surface area (Å²) in [5, 5.41) is 6.92. The first kappa shape index (κ1) is 26.7. The quantitative estimate of drug-likeness (QED) is 0.211. The highest BCUT2D eigenvalue weighted by Crippen LogP contribution is 2.52. The molecule has 2 aliphatic carbocycles. The van der Waals surface area contributed by atoms with E-state index in [2.05, 4.69) is 66.9 Å². The minimum absolute atomic E-state index is 0.519. The zero-order valence-electron chi connectivity index (χ0n) is 24.6. The molecule has 2 aromatic carbocycles. The minimum atomic E-state index is 0.519. The number of allylic oxidation sites excluding steroid dienone is 2. The summed E-state index contributed by atoms with van der Waals surface area (Å²) in [4.78, 5) is 0. The van der Waals surface area contributed by atoms with E-state index in [1.54, 1.807) is 22.2 Å². The molecule has 1 radical (unpaired) electrons. The van der Waals surface area contributed by atoms with Gasteiger partial charge in [0, 0.05) is 34.1 Å². The highest BCUT2D eigenvalue weighted by Gasteiger charge is 2.40. The second-order valence-electron chi connectivity index (χ2n) is 12.6. The van der Waals surface area contributed by atoms with E-state index in [0.29, 0.717) is 12.0 Å². The molecule has 0 fully saturated rings. The van der Waals surface area contributed by atoms with Crippen molar-refractivity contribution in [3.63, 3.8) is 0 Å². The molecule has 6 rings (SSSR count). The van der Waals surface area contributed by atoms with Gasteiger partial charge in [-0.25, -0.2) is 0 Å². The molecule has 3 aliphatic rings. The van der Waals surface area contributed by atoms with Gasteiger partial charge in [-0.05, 0) is 74.1 Å². The molecule has 2 heterocycles. The van der Waals surface area contributed by atoms with Crippen LogP contribution in [0.2, 0.25) is 0 Å². The molecule has 0 saturated heterocycles. The number of benzene rings is 2. The lowest BCUT2D eigenvalue weighted by molar-refractivity contribution is 0.299. The number of unbranched alkanes of at least 4 members (excludes halogenated alkanes) is 7. The zero-order chi connectivity index (χ0) is 26.6. The van der Waals surface area contributed by atoms with Gasteiger partial charge in [-0.15, -0.1) is 0 Å². The summed E-state index contributed by atoms with van der Waals surface area (Å²) < 4.78 is 2.91. The predicted octanol–water partition coefficient (Wildman–Crippen LogP) is 11.0. The van der Waals surface area contributed by atoms with Gasteiger partial charge >= 0.3 is 0 Å². The smallest absolute Gasteiger partial charge is 0.0708 e. The number of fused-ring (bicyclic) bond motifs is 5. The van der Waals surface area contributed by atoms with Crippen LogP contribution in [0.15, 0.2) is 54.2 Å². The molecular formula is C37H49N2. The third kappa shape index (κ3) is 5.21. The maximum absolute atomic E-state index is 5.38. The Balaban J connectivity index is 1.39. The Bertz CT molecular complexity index is 1290. The molecule has 0 spiro atoms. The molecule has 1 aromatic heterocycles.